The summed E-state index contributed by atoms with van der Waals surface area (Å²) in [6, 6.07) is 10.4. The van der Waals surface area contributed by atoms with Gasteiger partial charge in [0.05, 0.1) is 4.90 Å². The van der Waals surface area contributed by atoms with Gasteiger partial charge in [-0.2, -0.15) is 0 Å². The van der Waals surface area contributed by atoms with Gasteiger partial charge in [-0.25, -0.2) is 13.1 Å². The molecule has 2 aromatic rings. The minimum atomic E-state index is -3.64. The van der Waals surface area contributed by atoms with E-state index in [9.17, 15) is 13.2 Å². The standard InChI is InChI=1S/C18H21ClN2O3S/c1-12-8-15(10-17(13(12)2)25(23,24)20-3)18(22)21(4)11-14-6-5-7-16(19)9-14/h5-10,20H,11H2,1-4H3. The van der Waals surface area contributed by atoms with Gasteiger partial charge in [-0.1, -0.05) is 23.7 Å². The van der Waals surface area contributed by atoms with Crippen LogP contribution in [0.25, 0.3) is 0 Å². The lowest BCUT2D eigenvalue weighted by Gasteiger charge is -2.19. The predicted molar refractivity (Wildman–Crippen MR) is 99.4 cm³/mol. The maximum Gasteiger partial charge on any atom is 0.253 e. The number of nitrogens with zero attached hydrogens (tertiary/aromatic N) is 1. The molecule has 5 nitrogen and oxygen atoms in total. The molecule has 0 unspecified atom stereocenters. The third-order valence-electron chi connectivity index (χ3n) is 4.08. The lowest BCUT2D eigenvalue weighted by molar-refractivity contribution is 0.0784. The predicted octanol–water partition coefficient (Wildman–Crippen LogP) is 3.14. The van der Waals surface area contributed by atoms with Crippen LogP contribution in [0.1, 0.15) is 27.0 Å². The Morgan fingerprint density at radius 2 is 1.88 bits per heavy atom. The Balaban J connectivity index is 2.36. The van der Waals surface area contributed by atoms with Crippen LogP contribution in [0.2, 0.25) is 5.02 Å². The fraction of sp³-hybridized carbons (Fsp3) is 0.278. The van der Waals surface area contributed by atoms with Crippen LogP contribution < -0.4 is 4.72 Å². The zero-order valence-electron chi connectivity index (χ0n) is 14.6. The number of carbonyl (C=O) groups excluding carboxylic acids is 1. The number of hydrogen-bond donors (Lipinski definition) is 1. The van der Waals surface area contributed by atoms with Gasteiger partial charge >= 0.3 is 0 Å². The molecule has 0 saturated heterocycles. The Morgan fingerprint density at radius 1 is 1.20 bits per heavy atom. The molecule has 134 valence electrons. The van der Waals surface area contributed by atoms with Crippen molar-refractivity contribution in [3.8, 4) is 0 Å². The molecule has 1 amide bonds. The Kier molecular flexibility index (Phi) is 5.87. The van der Waals surface area contributed by atoms with E-state index in [0.29, 0.717) is 22.7 Å². The van der Waals surface area contributed by atoms with Gasteiger partial charge in [0.2, 0.25) is 10.0 Å². The van der Waals surface area contributed by atoms with E-state index in [2.05, 4.69) is 4.72 Å². The van der Waals surface area contributed by atoms with Gasteiger partial charge < -0.3 is 4.90 Å². The highest BCUT2D eigenvalue weighted by Crippen LogP contribution is 2.22. The number of rotatable bonds is 5. The first kappa shape index (κ1) is 19.4. The number of hydrogen-bond acceptors (Lipinski definition) is 3. The molecule has 1 N–H and O–H groups in total. The third-order valence-corrected chi connectivity index (χ3v) is 5.86. The van der Waals surface area contributed by atoms with Crippen LogP contribution in [0, 0.1) is 13.8 Å². The second-order valence-electron chi connectivity index (χ2n) is 5.91. The normalized spacial score (nSPS) is 11.4. The van der Waals surface area contributed by atoms with Gasteiger partial charge in [-0.15, -0.1) is 0 Å². The SMILES string of the molecule is CNS(=O)(=O)c1cc(C(=O)N(C)Cc2cccc(Cl)c2)cc(C)c1C. The molecule has 0 saturated carbocycles. The minimum absolute atomic E-state index is 0.120. The van der Waals surface area contributed by atoms with Gasteiger partial charge in [0.15, 0.2) is 0 Å². The van der Waals surface area contributed by atoms with Crippen LogP contribution in [-0.4, -0.2) is 33.3 Å². The Labute approximate surface area is 153 Å². The highest BCUT2D eigenvalue weighted by atomic mass is 35.5. The number of nitrogens with one attached hydrogen (secondary N) is 1. The summed E-state index contributed by atoms with van der Waals surface area (Å²) >= 11 is 5.97. The summed E-state index contributed by atoms with van der Waals surface area (Å²) in [6.07, 6.45) is 0. The van der Waals surface area contributed by atoms with E-state index in [-0.39, 0.29) is 10.8 Å². The number of sulfonamides is 1. The van der Waals surface area contributed by atoms with E-state index >= 15 is 0 Å². The first-order chi connectivity index (χ1) is 11.7. The van der Waals surface area contributed by atoms with Gasteiger partial charge in [-0.3, -0.25) is 4.79 Å². The van der Waals surface area contributed by atoms with E-state index in [1.54, 1.807) is 39.1 Å². The van der Waals surface area contributed by atoms with Gasteiger partial charge in [0, 0.05) is 24.2 Å². The minimum Gasteiger partial charge on any atom is -0.337 e. The van der Waals surface area contributed by atoms with Crippen molar-refractivity contribution in [2.24, 2.45) is 0 Å². The van der Waals surface area contributed by atoms with Crippen molar-refractivity contribution in [2.75, 3.05) is 14.1 Å². The van der Waals surface area contributed by atoms with Crippen molar-refractivity contribution in [3.63, 3.8) is 0 Å². The molecule has 0 radical (unpaired) electrons. The van der Waals surface area contributed by atoms with Crippen molar-refractivity contribution in [1.82, 2.24) is 9.62 Å². The molecule has 0 atom stereocenters. The summed E-state index contributed by atoms with van der Waals surface area (Å²) in [4.78, 5) is 14.4. The average Bonchev–Trinajstić information content (AvgIpc) is 2.56. The van der Waals surface area contributed by atoms with Crippen molar-refractivity contribution < 1.29 is 13.2 Å². The van der Waals surface area contributed by atoms with E-state index in [4.69, 9.17) is 11.6 Å². The van der Waals surface area contributed by atoms with E-state index in [1.807, 2.05) is 12.1 Å². The fourth-order valence-electron chi connectivity index (χ4n) is 2.54. The summed E-state index contributed by atoms with van der Waals surface area (Å²) in [5.41, 5.74) is 2.61. The second-order valence-corrected chi connectivity index (χ2v) is 8.21. The molecule has 0 aliphatic rings. The first-order valence-electron chi connectivity index (χ1n) is 7.70. The zero-order valence-corrected chi connectivity index (χ0v) is 16.2. The molecule has 7 heteroatoms. The summed E-state index contributed by atoms with van der Waals surface area (Å²) in [5.74, 6) is -0.254. The molecule has 0 aliphatic heterocycles. The molecular weight excluding hydrogens is 360 g/mol. The van der Waals surface area contributed by atoms with Crippen molar-refractivity contribution in [3.05, 3.63) is 63.7 Å². The molecule has 0 heterocycles. The Hall–Kier alpha value is -1.89. The quantitative estimate of drug-likeness (QED) is 0.866. The Morgan fingerprint density at radius 3 is 2.48 bits per heavy atom. The molecule has 0 spiro atoms. The lowest BCUT2D eigenvalue weighted by atomic mass is 10.1. The van der Waals surface area contributed by atoms with Gasteiger partial charge in [0.1, 0.15) is 0 Å². The highest BCUT2D eigenvalue weighted by molar-refractivity contribution is 7.89. The van der Waals surface area contributed by atoms with Crippen molar-refractivity contribution >= 4 is 27.5 Å². The number of aryl methyl sites for hydroxylation is 1. The van der Waals surface area contributed by atoms with Crippen LogP contribution in [0.3, 0.4) is 0 Å². The summed E-state index contributed by atoms with van der Waals surface area (Å²) in [7, 11) is -0.613. The maximum atomic E-state index is 12.7. The van der Waals surface area contributed by atoms with Crippen LogP contribution >= 0.6 is 11.6 Å². The molecule has 0 bridgehead atoms. The second kappa shape index (κ2) is 7.56. The molecule has 0 fully saturated rings. The summed E-state index contributed by atoms with van der Waals surface area (Å²) in [6.45, 7) is 3.89. The van der Waals surface area contributed by atoms with E-state index in [0.717, 1.165) is 11.1 Å². The lowest BCUT2D eigenvalue weighted by Crippen LogP contribution is -2.27. The van der Waals surface area contributed by atoms with E-state index < -0.39 is 10.0 Å². The molecule has 0 aliphatic carbocycles. The zero-order chi connectivity index (χ0) is 18.8. The molecule has 2 rings (SSSR count). The number of carbonyl (C=O) groups is 1. The smallest absolute Gasteiger partial charge is 0.253 e. The van der Waals surface area contributed by atoms with Crippen LogP contribution in [-0.2, 0) is 16.6 Å². The van der Waals surface area contributed by atoms with Crippen molar-refractivity contribution in [2.45, 2.75) is 25.3 Å². The van der Waals surface area contributed by atoms with Gasteiger partial charge in [0.25, 0.3) is 5.91 Å². The maximum absolute atomic E-state index is 12.7. The monoisotopic (exact) mass is 380 g/mol. The number of halogens is 1. The van der Waals surface area contributed by atoms with E-state index in [1.165, 1.54) is 18.0 Å². The molecule has 2 aromatic carbocycles. The molecular formula is C18H21ClN2O3S. The average molecular weight is 381 g/mol. The van der Waals surface area contributed by atoms with Crippen LogP contribution in [0.5, 0.6) is 0 Å². The highest BCUT2D eigenvalue weighted by Gasteiger charge is 2.21. The fourth-order valence-corrected chi connectivity index (χ4v) is 3.82. The van der Waals surface area contributed by atoms with Crippen LogP contribution in [0.4, 0.5) is 0 Å². The van der Waals surface area contributed by atoms with Crippen molar-refractivity contribution in [1.29, 1.82) is 0 Å². The molecule has 25 heavy (non-hydrogen) atoms. The molecule has 0 aromatic heterocycles. The summed E-state index contributed by atoms with van der Waals surface area (Å²) in [5, 5.41) is 0.604. The number of amides is 1. The topological polar surface area (TPSA) is 66.5 Å². The third kappa shape index (κ3) is 4.39. The van der Waals surface area contributed by atoms with Gasteiger partial charge in [-0.05, 0) is 61.9 Å². The van der Waals surface area contributed by atoms with Crippen LogP contribution in [0.15, 0.2) is 41.3 Å². The number of benzene rings is 2. The largest absolute Gasteiger partial charge is 0.337 e. The first-order valence-corrected chi connectivity index (χ1v) is 9.56. The Bertz CT molecular complexity index is 911. The summed E-state index contributed by atoms with van der Waals surface area (Å²) < 4.78 is 26.7.